The Morgan fingerprint density at radius 2 is 1.85 bits per heavy atom. The van der Waals surface area contributed by atoms with Crippen LogP contribution in [0.4, 0.5) is 0 Å². The third kappa shape index (κ3) is 5.64. The summed E-state index contributed by atoms with van der Waals surface area (Å²) in [6.45, 7) is 6.67. The first-order chi connectivity index (χ1) is 15.3. The van der Waals surface area contributed by atoms with Crippen LogP contribution in [0.1, 0.15) is 46.1 Å². The van der Waals surface area contributed by atoms with Crippen LogP contribution in [-0.4, -0.2) is 68.9 Å². The monoisotopic (exact) mass is 463 g/mol. The van der Waals surface area contributed by atoms with Crippen LogP contribution in [0.15, 0.2) is 29.3 Å². The molecule has 0 bridgehead atoms. The van der Waals surface area contributed by atoms with Gasteiger partial charge >= 0.3 is 11.8 Å². The number of nitrogens with one attached hydrogen (secondary N) is 1. The second kappa shape index (κ2) is 9.94. The van der Waals surface area contributed by atoms with Gasteiger partial charge in [-0.05, 0) is 64.8 Å². The number of guanidine groups is 1. The molecule has 1 radical (unpaired) electrons. The van der Waals surface area contributed by atoms with Gasteiger partial charge in [-0.2, -0.15) is 0 Å². The summed E-state index contributed by atoms with van der Waals surface area (Å²) in [4.78, 5) is 27.2. The van der Waals surface area contributed by atoms with E-state index >= 15 is 0 Å². The standard InChI is InChI=1S/C21H31N6O6/c1-20(2)21(3,4)27(32)17(26(20)31)13-7-9-14(10-8-13)33-12-16(28)25-15(18(29)30)6-5-11-24-19(22)23/h7-10,15H,5-6,11-12H2,1-4H3,(H,25,28)(H,29,30)(H4,22,23,24)/t15-/m0/s1. The Kier molecular flexibility index (Phi) is 7.75. The van der Waals surface area contributed by atoms with E-state index in [1.54, 1.807) is 39.8 Å². The van der Waals surface area contributed by atoms with Crippen molar-refractivity contribution in [2.24, 2.45) is 16.5 Å². The topological polar surface area (TPSA) is 189 Å². The van der Waals surface area contributed by atoms with Gasteiger partial charge in [0.2, 0.25) is 0 Å². The van der Waals surface area contributed by atoms with Gasteiger partial charge < -0.3 is 31.8 Å². The molecule has 1 aliphatic rings. The molecular formula is C21H31N6O6. The number of hydrogen-bond donors (Lipinski definition) is 4. The van der Waals surface area contributed by atoms with E-state index < -0.39 is 35.6 Å². The molecule has 1 heterocycles. The smallest absolute Gasteiger partial charge is 0.326 e. The van der Waals surface area contributed by atoms with Crippen molar-refractivity contribution in [2.75, 3.05) is 13.2 Å². The van der Waals surface area contributed by atoms with Gasteiger partial charge in [0.05, 0.1) is 5.56 Å². The maximum Gasteiger partial charge on any atom is 0.326 e. The SMILES string of the molecule is CC1(C)N([O])C(c2ccc(OCC(=O)N[C@@H](CCCN=C(N)N)C(=O)O)cc2)=[N+]([O-])C1(C)C. The van der Waals surface area contributed by atoms with Crippen molar-refractivity contribution in [1.82, 2.24) is 10.4 Å². The fourth-order valence-corrected chi connectivity index (χ4v) is 3.19. The first-order valence-corrected chi connectivity index (χ1v) is 10.4. The maximum absolute atomic E-state index is 12.7. The van der Waals surface area contributed by atoms with E-state index in [2.05, 4.69) is 10.3 Å². The molecule has 12 heteroatoms. The highest BCUT2D eigenvalue weighted by Gasteiger charge is 2.59. The van der Waals surface area contributed by atoms with Crippen LogP contribution in [0.25, 0.3) is 0 Å². The third-order valence-electron chi connectivity index (χ3n) is 5.96. The molecule has 181 valence electrons. The molecule has 1 aromatic carbocycles. The molecule has 33 heavy (non-hydrogen) atoms. The van der Waals surface area contributed by atoms with Gasteiger partial charge in [-0.3, -0.25) is 14.5 Å². The van der Waals surface area contributed by atoms with E-state index in [-0.39, 0.29) is 24.8 Å². The number of carboxylic acids is 1. The second-order valence-electron chi connectivity index (χ2n) is 8.75. The molecule has 2 rings (SSSR count). The Labute approximate surface area is 192 Å². The average molecular weight is 464 g/mol. The molecule has 0 spiro atoms. The number of ether oxygens (including phenoxy) is 1. The molecule has 12 nitrogen and oxygen atoms in total. The molecule has 0 saturated carbocycles. The molecule has 6 N–H and O–H groups in total. The zero-order valence-corrected chi connectivity index (χ0v) is 19.2. The number of hydrogen-bond acceptors (Lipinski definition) is 6. The predicted octanol–water partition coefficient (Wildman–Crippen LogP) is 0.164. The molecule has 0 aromatic heterocycles. The molecule has 0 unspecified atom stereocenters. The molecule has 1 aromatic rings. The van der Waals surface area contributed by atoms with E-state index in [4.69, 9.17) is 16.2 Å². The Morgan fingerprint density at radius 3 is 2.33 bits per heavy atom. The van der Waals surface area contributed by atoms with Crippen LogP contribution in [0.3, 0.4) is 0 Å². The van der Waals surface area contributed by atoms with Crippen molar-refractivity contribution in [1.29, 1.82) is 0 Å². The Balaban J connectivity index is 1.96. The highest BCUT2D eigenvalue weighted by Crippen LogP contribution is 2.37. The lowest BCUT2D eigenvalue weighted by atomic mass is 9.84. The summed E-state index contributed by atoms with van der Waals surface area (Å²) < 4.78 is 6.12. The number of amidine groups is 1. The second-order valence-corrected chi connectivity index (χ2v) is 8.75. The minimum Gasteiger partial charge on any atom is -0.714 e. The lowest BCUT2D eigenvalue weighted by molar-refractivity contribution is -0.539. The summed E-state index contributed by atoms with van der Waals surface area (Å²) in [6.07, 6.45) is 0.520. The first-order valence-electron chi connectivity index (χ1n) is 10.4. The van der Waals surface area contributed by atoms with Gasteiger partial charge in [0, 0.05) is 11.8 Å². The fourth-order valence-electron chi connectivity index (χ4n) is 3.19. The number of aliphatic imine (C=N–C) groups is 1. The number of carbonyl (C=O) groups is 2. The van der Waals surface area contributed by atoms with Crippen LogP contribution in [0.2, 0.25) is 0 Å². The molecule has 1 aliphatic heterocycles. The number of amides is 1. The van der Waals surface area contributed by atoms with Gasteiger partial charge in [-0.15, -0.1) is 0 Å². The van der Waals surface area contributed by atoms with Gasteiger partial charge in [-0.25, -0.2) is 4.79 Å². The van der Waals surface area contributed by atoms with Crippen LogP contribution in [0, 0.1) is 5.21 Å². The summed E-state index contributed by atoms with van der Waals surface area (Å²) in [7, 11) is 0. The number of rotatable bonds is 10. The maximum atomic E-state index is 12.7. The van der Waals surface area contributed by atoms with Crippen LogP contribution in [-0.2, 0) is 14.8 Å². The summed E-state index contributed by atoms with van der Waals surface area (Å²) in [5, 5.41) is 37.8. The first kappa shape index (κ1) is 25.7. The molecule has 0 aliphatic carbocycles. The number of nitrogens with zero attached hydrogens (tertiary/aromatic N) is 3. The van der Waals surface area contributed by atoms with E-state index in [0.717, 1.165) is 0 Å². The van der Waals surface area contributed by atoms with Gasteiger partial charge in [-0.1, -0.05) is 5.06 Å². The van der Waals surface area contributed by atoms with Crippen molar-refractivity contribution in [3.05, 3.63) is 35.0 Å². The highest BCUT2D eigenvalue weighted by molar-refractivity contribution is 5.96. The van der Waals surface area contributed by atoms with Gasteiger partial charge in [0.1, 0.15) is 17.3 Å². The van der Waals surface area contributed by atoms with Gasteiger partial charge in [0.15, 0.2) is 18.1 Å². The number of carbonyl (C=O) groups excluding carboxylic acids is 1. The predicted molar refractivity (Wildman–Crippen MR) is 120 cm³/mol. The fraction of sp³-hybridized carbons (Fsp3) is 0.524. The van der Waals surface area contributed by atoms with E-state index in [9.17, 15) is 25.1 Å². The highest BCUT2D eigenvalue weighted by atomic mass is 16.5. The van der Waals surface area contributed by atoms with Crippen molar-refractivity contribution >= 4 is 23.7 Å². The van der Waals surface area contributed by atoms with Crippen molar-refractivity contribution in [3.8, 4) is 5.75 Å². The molecule has 1 amide bonds. The third-order valence-corrected chi connectivity index (χ3v) is 5.96. The quantitative estimate of drug-likeness (QED) is 0.124. The lowest BCUT2D eigenvalue weighted by Gasteiger charge is -2.32. The minimum absolute atomic E-state index is 0.000630. The average Bonchev–Trinajstić information content (AvgIpc) is 2.85. The largest absolute Gasteiger partial charge is 0.714 e. The Hall–Kier alpha value is -3.54. The zero-order chi connectivity index (χ0) is 25.0. The molecule has 0 saturated heterocycles. The molecule has 1 atom stereocenters. The molecule has 0 fully saturated rings. The zero-order valence-electron chi connectivity index (χ0n) is 19.2. The summed E-state index contributed by atoms with van der Waals surface area (Å²) in [5.41, 5.74) is 8.99. The van der Waals surface area contributed by atoms with Crippen LogP contribution < -0.4 is 21.5 Å². The molecular weight excluding hydrogens is 432 g/mol. The van der Waals surface area contributed by atoms with Crippen molar-refractivity contribution in [2.45, 2.75) is 57.7 Å². The summed E-state index contributed by atoms with van der Waals surface area (Å²) >= 11 is 0. The normalized spacial score (nSPS) is 17.4. The number of carboxylic acid groups (broad SMARTS) is 1. The van der Waals surface area contributed by atoms with Crippen molar-refractivity contribution in [3.63, 3.8) is 0 Å². The number of hydroxylamine groups is 3. The van der Waals surface area contributed by atoms with E-state index in [0.29, 0.717) is 27.5 Å². The number of nitrogens with two attached hydrogens (primary N) is 2. The number of benzene rings is 1. The Bertz CT molecular complexity index is 937. The van der Waals surface area contributed by atoms with Gasteiger partial charge in [0.25, 0.3) is 5.91 Å². The Morgan fingerprint density at radius 1 is 1.24 bits per heavy atom. The van der Waals surface area contributed by atoms with Crippen LogP contribution in [0.5, 0.6) is 5.75 Å². The number of aliphatic carboxylic acids is 1. The summed E-state index contributed by atoms with van der Waals surface area (Å²) in [5.74, 6) is -1.56. The van der Waals surface area contributed by atoms with E-state index in [1.165, 1.54) is 12.1 Å². The lowest BCUT2D eigenvalue weighted by Crippen LogP contribution is -2.53. The summed E-state index contributed by atoms with van der Waals surface area (Å²) in [6, 6.07) is 5.06. The van der Waals surface area contributed by atoms with Crippen molar-refractivity contribution < 1.29 is 29.4 Å². The minimum atomic E-state index is -1.18. The van der Waals surface area contributed by atoms with E-state index in [1.807, 2.05) is 0 Å². The van der Waals surface area contributed by atoms with Crippen LogP contribution >= 0.6 is 0 Å².